The third-order valence-corrected chi connectivity index (χ3v) is 4.09. The van der Waals surface area contributed by atoms with E-state index >= 15 is 0 Å². The van der Waals surface area contributed by atoms with E-state index in [2.05, 4.69) is 25.3 Å². The van der Waals surface area contributed by atoms with Crippen molar-refractivity contribution in [2.75, 3.05) is 23.3 Å². The molecule has 1 aromatic heterocycles. The molecule has 1 atom stereocenters. The van der Waals surface area contributed by atoms with Gasteiger partial charge in [-0.3, -0.25) is 0 Å². The van der Waals surface area contributed by atoms with Gasteiger partial charge in [0.1, 0.15) is 0 Å². The third-order valence-electron chi connectivity index (χ3n) is 2.59. The summed E-state index contributed by atoms with van der Waals surface area (Å²) in [5, 5.41) is 0.910. The Morgan fingerprint density at radius 3 is 2.74 bits per heavy atom. The van der Waals surface area contributed by atoms with E-state index in [0.717, 1.165) is 11.5 Å². The van der Waals surface area contributed by atoms with Gasteiger partial charge < -0.3 is 9.64 Å². The van der Waals surface area contributed by atoms with Crippen LogP contribution in [-0.4, -0.2) is 39.5 Å². The van der Waals surface area contributed by atoms with Crippen LogP contribution in [0.4, 0.5) is 18.3 Å². The normalized spacial score (nSPS) is 23.7. The number of anilines is 1. The Morgan fingerprint density at radius 1 is 1.53 bits per heavy atom. The van der Waals surface area contributed by atoms with Gasteiger partial charge in [0.25, 0.3) is 0 Å². The molecular weight excluding hydrogens is 347 g/mol. The van der Waals surface area contributed by atoms with Crippen LogP contribution in [0.2, 0.25) is 0 Å². The first kappa shape index (κ1) is 15.0. The quantitative estimate of drug-likeness (QED) is 0.761. The number of hydrogen-bond acceptors (Lipinski definition) is 5. The van der Waals surface area contributed by atoms with Crippen molar-refractivity contribution in [3.05, 3.63) is 5.82 Å². The third kappa shape index (κ3) is 3.57. The molecule has 2 rings (SSSR count). The molecule has 0 bridgehead atoms. The smallest absolute Gasteiger partial charge is 0.368 e. The van der Waals surface area contributed by atoms with Crippen molar-refractivity contribution in [2.45, 2.75) is 31.7 Å². The molecule has 0 spiro atoms. The first-order valence-electron chi connectivity index (χ1n) is 5.61. The standard InChI is InChI=1S/C10H13BrF3N3OS/c1-9(2)5-17(4-6(3-11)18-9)8-15-7(16-19-8)10(12,13)14/h6H,3-5H2,1-2H3. The molecule has 1 aliphatic heterocycles. The van der Waals surface area contributed by atoms with Gasteiger partial charge in [-0.2, -0.15) is 22.5 Å². The molecule has 2 heterocycles. The van der Waals surface area contributed by atoms with E-state index in [1.807, 2.05) is 13.8 Å². The molecule has 0 aliphatic carbocycles. The summed E-state index contributed by atoms with van der Waals surface area (Å²) in [5.74, 6) is -1.08. The summed E-state index contributed by atoms with van der Waals surface area (Å²) in [6, 6.07) is 0. The molecule has 1 aliphatic rings. The zero-order valence-corrected chi connectivity index (χ0v) is 12.8. The van der Waals surface area contributed by atoms with Crippen LogP contribution in [0.1, 0.15) is 19.7 Å². The van der Waals surface area contributed by atoms with E-state index < -0.39 is 17.6 Å². The fraction of sp³-hybridized carbons (Fsp3) is 0.800. The molecular formula is C10H13BrF3N3OS. The Morgan fingerprint density at radius 2 is 2.21 bits per heavy atom. The minimum atomic E-state index is -4.49. The van der Waals surface area contributed by atoms with Gasteiger partial charge in [-0.25, -0.2) is 0 Å². The van der Waals surface area contributed by atoms with Gasteiger partial charge in [0, 0.05) is 30.0 Å². The number of ether oxygens (including phenoxy) is 1. The number of hydrogen-bond donors (Lipinski definition) is 0. The molecule has 108 valence electrons. The van der Waals surface area contributed by atoms with Gasteiger partial charge in [-0.1, -0.05) is 15.9 Å². The molecule has 19 heavy (non-hydrogen) atoms. The first-order valence-corrected chi connectivity index (χ1v) is 7.50. The summed E-state index contributed by atoms with van der Waals surface area (Å²) in [6.07, 6.45) is -4.58. The minimum Gasteiger partial charge on any atom is -0.368 e. The highest BCUT2D eigenvalue weighted by Gasteiger charge is 2.39. The van der Waals surface area contributed by atoms with Gasteiger partial charge >= 0.3 is 6.18 Å². The Balaban J connectivity index is 2.19. The molecule has 0 N–H and O–H groups in total. The SMILES string of the molecule is CC1(C)CN(c2nc(C(F)(F)F)ns2)CC(CBr)O1. The lowest BCUT2D eigenvalue weighted by atomic mass is 10.1. The largest absolute Gasteiger partial charge is 0.452 e. The number of morpholine rings is 1. The van der Waals surface area contributed by atoms with Crippen LogP contribution in [0, 0.1) is 0 Å². The zero-order valence-electron chi connectivity index (χ0n) is 10.4. The molecule has 0 saturated carbocycles. The summed E-state index contributed by atoms with van der Waals surface area (Å²) in [5.41, 5.74) is -0.430. The van der Waals surface area contributed by atoms with E-state index in [9.17, 15) is 13.2 Å². The summed E-state index contributed by atoms with van der Waals surface area (Å²) in [6.45, 7) is 4.80. The summed E-state index contributed by atoms with van der Waals surface area (Å²) in [4.78, 5) is 5.37. The highest BCUT2D eigenvalue weighted by Crippen LogP contribution is 2.32. The van der Waals surface area contributed by atoms with Crippen LogP contribution in [0.5, 0.6) is 0 Å². The van der Waals surface area contributed by atoms with Crippen LogP contribution in [0.25, 0.3) is 0 Å². The first-order chi connectivity index (χ1) is 8.71. The van der Waals surface area contributed by atoms with Crippen molar-refractivity contribution >= 4 is 32.6 Å². The van der Waals surface area contributed by atoms with Crippen LogP contribution in [-0.2, 0) is 10.9 Å². The fourth-order valence-electron chi connectivity index (χ4n) is 1.98. The Bertz CT molecular complexity index is 451. The van der Waals surface area contributed by atoms with Crippen molar-refractivity contribution in [1.29, 1.82) is 0 Å². The van der Waals surface area contributed by atoms with Gasteiger partial charge in [0.2, 0.25) is 11.0 Å². The van der Waals surface area contributed by atoms with Crippen molar-refractivity contribution in [1.82, 2.24) is 9.36 Å². The maximum atomic E-state index is 12.5. The van der Waals surface area contributed by atoms with Crippen LogP contribution >= 0.6 is 27.5 Å². The van der Waals surface area contributed by atoms with Crippen LogP contribution in [0.3, 0.4) is 0 Å². The van der Waals surface area contributed by atoms with E-state index in [0.29, 0.717) is 18.4 Å². The molecule has 0 aromatic carbocycles. The molecule has 1 saturated heterocycles. The topological polar surface area (TPSA) is 38.2 Å². The molecule has 0 amide bonds. The number of alkyl halides is 4. The molecule has 1 aromatic rings. The van der Waals surface area contributed by atoms with Gasteiger partial charge in [0.15, 0.2) is 0 Å². The highest BCUT2D eigenvalue weighted by molar-refractivity contribution is 9.09. The number of nitrogens with zero attached hydrogens (tertiary/aromatic N) is 3. The van der Waals surface area contributed by atoms with Crippen molar-refractivity contribution in [3.63, 3.8) is 0 Å². The second-order valence-corrected chi connectivity index (χ2v) is 6.31. The maximum Gasteiger partial charge on any atom is 0.452 e. The van der Waals surface area contributed by atoms with E-state index in [1.165, 1.54) is 0 Å². The average Bonchev–Trinajstić information content (AvgIpc) is 2.75. The van der Waals surface area contributed by atoms with Crippen molar-refractivity contribution in [2.24, 2.45) is 0 Å². The monoisotopic (exact) mass is 359 g/mol. The predicted octanol–water partition coefficient (Wildman–Crippen LogP) is 2.94. The second-order valence-electron chi connectivity index (χ2n) is 4.93. The van der Waals surface area contributed by atoms with E-state index in [4.69, 9.17) is 4.74 Å². The molecule has 1 fully saturated rings. The summed E-state index contributed by atoms with van der Waals surface area (Å²) < 4.78 is 46.6. The number of aromatic nitrogens is 2. The predicted molar refractivity (Wildman–Crippen MR) is 69.9 cm³/mol. The number of rotatable bonds is 2. The van der Waals surface area contributed by atoms with E-state index in [1.54, 1.807) is 4.90 Å². The van der Waals surface area contributed by atoms with Crippen LogP contribution in [0.15, 0.2) is 0 Å². The Kier molecular flexibility index (Phi) is 4.08. The fourth-order valence-corrected chi connectivity index (χ4v) is 3.01. The highest BCUT2D eigenvalue weighted by atomic mass is 79.9. The lowest BCUT2D eigenvalue weighted by Crippen LogP contribution is -2.53. The van der Waals surface area contributed by atoms with E-state index in [-0.39, 0.29) is 11.2 Å². The summed E-state index contributed by atoms with van der Waals surface area (Å²) >= 11 is 4.11. The lowest BCUT2D eigenvalue weighted by Gasteiger charge is -2.42. The lowest BCUT2D eigenvalue weighted by molar-refractivity contribution is -0.144. The second kappa shape index (κ2) is 5.17. The molecule has 0 radical (unpaired) electrons. The summed E-state index contributed by atoms with van der Waals surface area (Å²) in [7, 11) is 0. The van der Waals surface area contributed by atoms with Crippen molar-refractivity contribution < 1.29 is 17.9 Å². The zero-order chi connectivity index (χ0) is 14.3. The Hall–Kier alpha value is -0.410. The van der Waals surface area contributed by atoms with Crippen LogP contribution < -0.4 is 4.90 Å². The van der Waals surface area contributed by atoms with Gasteiger partial charge in [0.05, 0.1) is 11.7 Å². The molecule has 1 unspecified atom stereocenters. The average molecular weight is 360 g/mol. The van der Waals surface area contributed by atoms with Crippen molar-refractivity contribution in [3.8, 4) is 0 Å². The maximum absolute atomic E-state index is 12.5. The Labute approximate surface area is 121 Å². The van der Waals surface area contributed by atoms with Gasteiger partial charge in [-0.15, -0.1) is 0 Å². The van der Waals surface area contributed by atoms with Gasteiger partial charge in [-0.05, 0) is 13.8 Å². The minimum absolute atomic E-state index is 0.0815. The number of halogens is 4. The molecule has 4 nitrogen and oxygen atoms in total. The molecule has 9 heteroatoms.